The molecule has 0 aliphatic rings. The number of fused-ring (bicyclic) bond motifs is 1. The van der Waals surface area contributed by atoms with Gasteiger partial charge >= 0.3 is 16.3 Å². The number of nitrogen functional groups attached to an aromatic ring is 1. The van der Waals surface area contributed by atoms with E-state index in [0.29, 0.717) is 36.4 Å². The van der Waals surface area contributed by atoms with Gasteiger partial charge in [0.2, 0.25) is 0 Å². The molecule has 4 N–H and O–H groups in total. The number of anilines is 1. The molecular formula is C14H23N7O4S. The van der Waals surface area contributed by atoms with Gasteiger partial charge < -0.3 is 15.0 Å². The Balaban J connectivity index is 1.76. The number of amides is 1. The molecule has 0 aliphatic heterocycles. The highest BCUT2D eigenvalue weighted by atomic mass is 32.2. The quantitative estimate of drug-likeness (QED) is 0.584. The molecule has 11 nitrogen and oxygen atoms in total. The summed E-state index contributed by atoms with van der Waals surface area (Å²) in [5.74, 6) is 0.315. The molecule has 144 valence electrons. The molecule has 0 saturated heterocycles. The van der Waals surface area contributed by atoms with Crippen LogP contribution in [0.4, 0.5) is 10.6 Å². The van der Waals surface area contributed by atoms with E-state index in [1.165, 1.54) is 6.33 Å². The van der Waals surface area contributed by atoms with Crippen molar-refractivity contribution in [1.82, 2.24) is 29.0 Å². The number of nitrogens with two attached hydrogens (primary N) is 1. The zero-order valence-corrected chi connectivity index (χ0v) is 15.7. The van der Waals surface area contributed by atoms with Gasteiger partial charge in [-0.15, -0.1) is 0 Å². The molecule has 0 aliphatic carbocycles. The number of hydrogen-bond acceptors (Lipinski definition) is 8. The number of aromatic nitrogens is 4. The number of unbranched alkanes of at least 4 members (excludes halogenated alkanes) is 1. The second-order valence-corrected chi connectivity index (χ2v) is 8.08. The van der Waals surface area contributed by atoms with E-state index in [4.69, 9.17) is 10.5 Å². The van der Waals surface area contributed by atoms with Gasteiger partial charge in [0.1, 0.15) is 17.4 Å². The van der Waals surface area contributed by atoms with Crippen molar-refractivity contribution in [3.05, 3.63) is 12.7 Å². The first-order chi connectivity index (χ1) is 12.1. The van der Waals surface area contributed by atoms with Crippen LogP contribution >= 0.6 is 0 Å². The van der Waals surface area contributed by atoms with E-state index >= 15 is 0 Å². The molecule has 26 heavy (non-hydrogen) atoms. The largest absolute Gasteiger partial charge is 0.443 e. The van der Waals surface area contributed by atoms with Crippen LogP contribution in [-0.2, 0) is 21.5 Å². The van der Waals surface area contributed by atoms with Gasteiger partial charge in [-0.3, -0.25) is 0 Å². The van der Waals surface area contributed by atoms with Gasteiger partial charge in [0.25, 0.3) is 0 Å². The summed E-state index contributed by atoms with van der Waals surface area (Å²) < 4.78 is 34.3. The van der Waals surface area contributed by atoms with Crippen molar-refractivity contribution < 1.29 is 17.9 Å². The summed E-state index contributed by atoms with van der Waals surface area (Å²) in [6.45, 7) is 5.69. The Kier molecular flexibility index (Phi) is 5.97. The molecule has 12 heteroatoms. The number of carbonyl (C=O) groups is 1. The molecular weight excluding hydrogens is 362 g/mol. The monoisotopic (exact) mass is 385 g/mol. The molecule has 0 atom stereocenters. The average Bonchev–Trinajstić information content (AvgIpc) is 2.89. The minimum atomic E-state index is -3.96. The Morgan fingerprint density at radius 1 is 1.27 bits per heavy atom. The minimum Gasteiger partial charge on any atom is -0.443 e. The smallest absolute Gasteiger partial charge is 0.422 e. The number of ether oxygens (including phenoxy) is 1. The van der Waals surface area contributed by atoms with Crippen molar-refractivity contribution in [2.75, 3.05) is 12.3 Å². The third-order valence-corrected chi connectivity index (χ3v) is 4.18. The molecule has 0 saturated carbocycles. The van der Waals surface area contributed by atoms with Crippen molar-refractivity contribution >= 4 is 33.3 Å². The van der Waals surface area contributed by atoms with Crippen molar-refractivity contribution in [3.63, 3.8) is 0 Å². The predicted octanol–water partition coefficient (Wildman–Crippen LogP) is 0.548. The maximum absolute atomic E-state index is 11.8. The van der Waals surface area contributed by atoms with Gasteiger partial charge in [-0.2, -0.15) is 13.1 Å². The molecule has 0 aromatic carbocycles. The maximum Gasteiger partial charge on any atom is 0.422 e. The fraction of sp³-hybridized carbons (Fsp3) is 0.571. The average molecular weight is 385 g/mol. The van der Waals surface area contributed by atoms with Crippen LogP contribution in [0.3, 0.4) is 0 Å². The third-order valence-electron chi connectivity index (χ3n) is 3.16. The number of rotatable bonds is 7. The fourth-order valence-corrected chi connectivity index (χ4v) is 2.87. The molecule has 1 amide bonds. The summed E-state index contributed by atoms with van der Waals surface area (Å²) >= 11 is 0. The second kappa shape index (κ2) is 7.83. The summed E-state index contributed by atoms with van der Waals surface area (Å²) in [6, 6.07) is 0. The third kappa shape index (κ3) is 5.81. The Morgan fingerprint density at radius 3 is 2.69 bits per heavy atom. The number of nitrogens with one attached hydrogen (secondary N) is 2. The van der Waals surface area contributed by atoms with Crippen LogP contribution in [0.15, 0.2) is 12.7 Å². The molecule has 0 spiro atoms. The van der Waals surface area contributed by atoms with E-state index in [2.05, 4.69) is 19.7 Å². The van der Waals surface area contributed by atoms with Crippen LogP contribution in [0.25, 0.3) is 11.2 Å². The van der Waals surface area contributed by atoms with Crippen molar-refractivity contribution in [2.24, 2.45) is 0 Å². The molecule has 2 rings (SSSR count). The lowest BCUT2D eigenvalue weighted by molar-refractivity contribution is 0.0569. The number of imidazole rings is 1. The van der Waals surface area contributed by atoms with Crippen LogP contribution in [0.5, 0.6) is 0 Å². The maximum atomic E-state index is 11.8. The summed E-state index contributed by atoms with van der Waals surface area (Å²) in [4.78, 5) is 23.7. The Hall–Kier alpha value is -2.47. The number of carbonyl (C=O) groups excluding carboxylic acids is 1. The number of aryl methyl sites for hydroxylation is 1. The van der Waals surface area contributed by atoms with Crippen molar-refractivity contribution in [3.8, 4) is 0 Å². The predicted molar refractivity (Wildman–Crippen MR) is 95.3 cm³/mol. The van der Waals surface area contributed by atoms with E-state index in [9.17, 15) is 13.2 Å². The summed E-state index contributed by atoms with van der Waals surface area (Å²) in [5.41, 5.74) is 6.11. The molecule has 2 aromatic rings. The van der Waals surface area contributed by atoms with Gasteiger partial charge in [0.05, 0.1) is 6.33 Å². The molecule has 0 radical (unpaired) electrons. The molecule has 2 aromatic heterocycles. The van der Waals surface area contributed by atoms with Crippen LogP contribution in [0.1, 0.15) is 33.6 Å². The van der Waals surface area contributed by atoms with Crippen LogP contribution in [0, 0.1) is 0 Å². The van der Waals surface area contributed by atoms with E-state index in [1.54, 1.807) is 31.8 Å². The summed E-state index contributed by atoms with van der Waals surface area (Å²) in [6.07, 6.45) is 3.18. The van der Waals surface area contributed by atoms with E-state index in [1.807, 2.05) is 4.57 Å². The van der Waals surface area contributed by atoms with Gasteiger partial charge in [-0.1, -0.05) is 0 Å². The first-order valence-corrected chi connectivity index (χ1v) is 9.47. The fourth-order valence-electron chi connectivity index (χ4n) is 2.12. The number of nitrogens with zero attached hydrogens (tertiary/aromatic N) is 4. The Labute approximate surface area is 151 Å². The van der Waals surface area contributed by atoms with Crippen molar-refractivity contribution in [2.45, 2.75) is 45.8 Å². The minimum absolute atomic E-state index is 0.169. The van der Waals surface area contributed by atoms with Crippen LogP contribution < -0.4 is 15.2 Å². The Morgan fingerprint density at radius 2 is 2.00 bits per heavy atom. The van der Waals surface area contributed by atoms with Gasteiger partial charge in [-0.05, 0) is 33.6 Å². The highest BCUT2D eigenvalue weighted by molar-refractivity contribution is 7.88. The zero-order chi connectivity index (χ0) is 19.4. The standard InChI is InChI=1S/C14H23N7O4S/c1-14(2,3)25-13(22)20-26(23,24)19-6-4-5-7-21-9-18-10-11(15)16-8-17-12(10)21/h8-9,19H,4-7H2,1-3H3,(H,20,22)(H2,15,16,17). The Bertz CT molecular complexity index is 873. The van der Waals surface area contributed by atoms with Gasteiger partial charge in [0, 0.05) is 13.1 Å². The van der Waals surface area contributed by atoms with Gasteiger partial charge in [-0.25, -0.2) is 24.5 Å². The lowest BCUT2D eigenvalue weighted by Gasteiger charge is -2.19. The van der Waals surface area contributed by atoms with Crippen LogP contribution in [-0.4, -0.2) is 46.2 Å². The highest BCUT2D eigenvalue weighted by Crippen LogP contribution is 2.14. The van der Waals surface area contributed by atoms with E-state index < -0.39 is 21.9 Å². The molecule has 0 unspecified atom stereocenters. The summed E-state index contributed by atoms with van der Waals surface area (Å²) in [5, 5.41) is 0. The summed E-state index contributed by atoms with van der Waals surface area (Å²) in [7, 11) is -3.96. The topological polar surface area (TPSA) is 154 Å². The lowest BCUT2D eigenvalue weighted by Crippen LogP contribution is -2.43. The number of hydrogen-bond donors (Lipinski definition) is 3. The molecule has 0 fully saturated rings. The highest BCUT2D eigenvalue weighted by Gasteiger charge is 2.20. The normalized spacial score (nSPS) is 12.3. The first kappa shape index (κ1) is 19.8. The lowest BCUT2D eigenvalue weighted by atomic mass is 10.2. The molecule has 2 heterocycles. The van der Waals surface area contributed by atoms with Gasteiger partial charge in [0.15, 0.2) is 11.5 Å². The van der Waals surface area contributed by atoms with E-state index in [-0.39, 0.29) is 6.54 Å². The SMILES string of the molecule is CC(C)(C)OC(=O)NS(=O)(=O)NCCCCn1cnc2c(N)ncnc21. The zero-order valence-electron chi connectivity index (χ0n) is 14.9. The second-order valence-electron chi connectivity index (χ2n) is 6.58. The van der Waals surface area contributed by atoms with Crippen molar-refractivity contribution in [1.29, 1.82) is 0 Å². The molecule has 0 bridgehead atoms. The van der Waals surface area contributed by atoms with Crippen LogP contribution in [0.2, 0.25) is 0 Å². The van der Waals surface area contributed by atoms with E-state index in [0.717, 1.165) is 0 Å². The first-order valence-electron chi connectivity index (χ1n) is 7.99.